The number of nitrogens with zero attached hydrogens (tertiary/aromatic N) is 2. The number of hydrogen-bond acceptors (Lipinski definition) is 3. The maximum absolute atomic E-state index is 11.9. The highest BCUT2D eigenvalue weighted by Crippen LogP contribution is 2.15. The number of amides is 1. The molecule has 1 saturated heterocycles. The van der Waals surface area contributed by atoms with E-state index in [2.05, 4.69) is 32.8 Å². The molecule has 0 unspecified atom stereocenters. The van der Waals surface area contributed by atoms with Crippen molar-refractivity contribution in [3.63, 3.8) is 0 Å². The maximum atomic E-state index is 11.9. The average molecular weight is 374 g/mol. The highest BCUT2D eigenvalue weighted by molar-refractivity contribution is 5.94. The number of likely N-dealkylation sites (tertiary alicyclic amines) is 1. The Labute approximate surface area is 163 Å². The third-order valence-corrected chi connectivity index (χ3v) is 5.03. The van der Waals surface area contributed by atoms with Crippen LogP contribution in [0.1, 0.15) is 49.0 Å². The van der Waals surface area contributed by atoms with E-state index in [4.69, 9.17) is 0 Å². The lowest BCUT2D eigenvalue weighted by molar-refractivity contribution is 0.0955. The van der Waals surface area contributed by atoms with Gasteiger partial charge in [-0.2, -0.15) is 0 Å². The van der Waals surface area contributed by atoms with E-state index in [0.29, 0.717) is 18.7 Å². The van der Waals surface area contributed by atoms with Crippen molar-refractivity contribution >= 4 is 11.9 Å². The molecule has 1 aliphatic rings. The summed E-state index contributed by atoms with van der Waals surface area (Å²) in [5, 5.41) is 9.53. The van der Waals surface area contributed by atoms with Crippen molar-refractivity contribution in [3.05, 3.63) is 35.4 Å². The van der Waals surface area contributed by atoms with Crippen LogP contribution in [-0.4, -0.2) is 56.5 Å². The Balaban J connectivity index is 1.69. The van der Waals surface area contributed by atoms with Crippen molar-refractivity contribution < 1.29 is 4.79 Å². The molecule has 1 amide bonds. The van der Waals surface area contributed by atoms with Gasteiger partial charge in [0, 0.05) is 32.2 Å². The van der Waals surface area contributed by atoms with Crippen molar-refractivity contribution in [2.45, 2.75) is 39.7 Å². The molecular weight excluding hydrogens is 338 g/mol. The van der Waals surface area contributed by atoms with Crippen LogP contribution >= 0.6 is 0 Å². The summed E-state index contributed by atoms with van der Waals surface area (Å²) in [6.45, 7) is 10.1. The summed E-state index contributed by atoms with van der Waals surface area (Å²) in [5.41, 5.74) is 1.75. The molecule has 3 N–H and O–H groups in total. The molecule has 0 atom stereocenters. The van der Waals surface area contributed by atoms with Crippen molar-refractivity contribution in [2.24, 2.45) is 10.9 Å². The summed E-state index contributed by atoms with van der Waals surface area (Å²) in [4.78, 5) is 18.8. The third kappa shape index (κ3) is 7.59. The number of carbonyl (C=O) groups is 1. The molecule has 1 aliphatic heterocycles. The quantitative estimate of drug-likeness (QED) is 0.371. The summed E-state index contributed by atoms with van der Waals surface area (Å²) in [6.07, 6.45) is 3.76. The van der Waals surface area contributed by atoms with Gasteiger partial charge in [0.15, 0.2) is 5.96 Å². The molecule has 1 aromatic rings. The minimum absolute atomic E-state index is 0.0334. The fraction of sp³-hybridized carbons (Fsp3) is 0.619. The highest BCUT2D eigenvalue weighted by Gasteiger charge is 2.14. The molecule has 0 radical (unpaired) electrons. The molecule has 2 rings (SSSR count). The molecule has 1 heterocycles. The van der Waals surface area contributed by atoms with E-state index in [1.165, 1.54) is 25.9 Å². The molecule has 0 aromatic heterocycles. The minimum Gasteiger partial charge on any atom is -0.356 e. The van der Waals surface area contributed by atoms with E-state index in [1.807, 2.05) is 31.2 Å². The smallest absolute Gasteiger partial charge is 0.251 e. The lowest BCUT2D eigenvalue weighted by Gasteiger charge is -2.30. The summed E-state index contributed by atoms with van der Waals surface area (Å²) in [5.74, 6) is 1.65. The van der Waals surface area contributed by atoms with E-state index in [0.717, 1.165) is 37.0 Å². The molecule has 6 nitrogen and oxygen atoms in total. The average Bonchev–Trinajstić information content (AvgIpc) is 2.69. The molecule has 0 saturated carbocycles. The van der Waals surface area contributed by atoms with Gasteiger partial charge in [-0.25, -0.2) is 0 Å². The second-order valence-corrected chi connectivity index (χ2v) is 7.29. The van der Waals surface area contributed by atoms with E-state index in [9.17, 15) is 4.79 Å². The number of benzene rings is 1. The van der Waals surface area contributed by atoms with Crippen LogP contribution in [0.25, 0.3) is 0 Å². The van der Waals surface area contributed by atoms with Crippen LogP contribution < -0.4 is 16.0 Å². The van der Waals surface area contributed by atoms with Crippen LogP contribution in [0.15, 0.2) is 29.3 Å². The highest BCUT2D eigenvalue weighted by atomic mass is 16.1. The summed E-state index contributed by atoms with van der Waals surface area (Å²) in [7, 11) is 1.78. The fourth-order valence-corrected chi connectivity index (χ4v) is 3.29. The molecule has 27 heavy (non-hydrogen) atoms. The Hall–Kier alpha value is -2.08. The van der Waals surface area contributed by atoms with Crippen LogP contribution in [-0.2, 0) is 6.54 Å². The van der Waals surface area contributed by atoms with Gasteiger partial charge < -0.3 is 20.9 Å². The largest absolute Gasteiger partial charge is 0.356 e. The summed E-state index contributed by atoms with van der Waals surface area (Å²) < 4.78 is 0. The normalized spacial score (nSPS) is 16.2. The van der Waals surface area contributed by atoms with Crippen LogP contribution in [0.4, 0.5) is 0 Å². The molecule has 150 valence electrons. The summed E-state index contributed by atoms with van der Waals surface area (Å²) in [6, 6.07) is 7.68. The lowest BCUT2D eigenvalue weighted by Crippen LogP contribution is -2.39. The van der Waals surface area contributed by atoms with Crippen molar-refractivity contribution in [2.75, 3.05) is 39.8 Å². The van der Waals surface area contributed by atoms with E-state index in [-0.39, 0.29) is 5.91 Å². The molecule has 0 aliphatic carbocycles. The SMILES string of the molecule is CCNC(=O)c1cccc(CNC(=NC)NCCCN2CCC(C)CC2)c1. The van der Waals surface area contributed by atoms with Gasteiger partial charge in [0.25, 0.3) is 5.91 Å². The number of carbonyl (C=O) groups excluding carboxylic acids is 1. The first-order chi connectivity index (χ1) is 13.1. The number of guanidine groups is 1. The zero-order valence-corrected chi connectivity index (χ0v) is 17.1. The predicted octanol–water partition coefficient (Wildman–Crippen LogP) is 2.22. The van der Waals surface area contributed by atoms with Gasteiger partial charge in [-0.05, 0) is 69.4 Å². The lowest BCUT2D eigenvalue weighted by atomic mass is 9.99. The summed E-state index contributed by atoms with van der Waals surface area (Å²) >= 11 is 0. The van der Waals surface area contributed by atoms with Crippen LogP contribution in [0.3, 0.4) is 0 Å². The van der Waals surface area contributed by atoms with E-state index in [1.54, 1.807) is 7.05 Å². The van der Waals surface area contributed by atoms with Gasteiger partial charge in [-0.3, -0.25) is 9.79 Å². The van der Waals surface area contributed by atoms with Gasteiger partial charge in [-0.1, -0.05) is 19.1 Å². The van der Waals surface area contributed by atoms with E-state index >= 15 is 0 Å². The second-order valence-electron chi connectivity index (χ2n) is 7.29. The number of rotatable bonds is 8. The van der Waals surface area contributed by atoms with Crippen LogP contribution in [0, 0.1) is 5.92 Å². The van der Waals surface area contributed by atoms with Gasteiger partial charge >= 0.3 is 0 Å². The zero-order chi connectivity index (χ0) is 19.5. The zero-order valence-electron chi connectivity index (χ0n) is 17.1. The number of hydrogen-bond donors (Lipinski definition) is 3. The number of piperidine rings is 1. The number of nitrogens with one attached hydrogen (secondary N) is 3. The van der Waals surface area contributed by atoms with Crippen molar-refractivity contribution in [3.8, 4) is 0 Å². The Bertz CT molecular complexity index is 608. The van der Waals surface area contributed by atoms with Gasteiger partial charge in [0.2, 0.25) is 0 Å². The topological polar surface area (TPSA) is 68.8 Å². The first-order valence-electron chi connectivity index (χ1n) is 10.2. The van der Waals surface area contributed by atoms with Crippen molar-refractivity contribution in [1.82, 2.24) is 20.9 Å². The van der Waals surface area contributed by atoms with Gasteiger partial charge in [0.1, 0.15) is 0 Å². The second kappa shape index (κ2) is 11.6. The first-order valence-corrected chi connectivity index (χ1v) is 10.2. The van der Waals surface area contributed by atoms with Crippen molar-refractivity contribution in [1.29, 1.82) is 0 Å². The molecule has 1 fully saturated rings. The Morgan fingerprint density at radius 3 is 2.70 bits per heavy atom. The standard InChI is InChI=1S/C21H35N5O/c1-4-23-20(27)19-8-5-7-18(15-19)16-25-21(22-3)24-11-6-12-26-13-9-17(2)10-14-26/h5,7-8,15,17H,4,6,9-14,16H2,1-3H3,(H,23,27)(H2,22,24,25). The molecule has 6 heteroatoms. The number of aliphatic imine (C=N–C) groups is 1. The van der Waals surface area contributed by atoms with E-state index < -0.39 is 0 Å². The van der Waals surface area contributed by atoms with Gasteiger partial charge in [-0.15, -0.1) is 0 Å². The Kier molecular flexibility index (Phi) is 9.11. The molecule has 0 spiro atoms. The minimum atomic E-state index is -0.0334. The fourth-order valence-electron chi connectivity index (χ4n) is 3.29. The molecule has 0 bridgehead atoms. The Morgan fingerprint density at radius 1 is 1.22 bits per heavy atom. The first kappa shape index (κ1) is 21.2. The Morgan fingerprint density at radius 2 is 2.00 bits per heavy atom. The third-order valence-electron chi connectivity index (χ3n) is 5.03. The maximum Gasteiger partial charge on any atom is 0.251 e. The molecule has 1 aromatic carbocycles. The van der Waals surface area contributed by atoms with Crippen LogP contribution in [0.2, 0.25) is 0 Å². The monoisotopic (exact) mass is 373 g/mol. The van der Waals surface area contributed by atoms with Crippen LogP contribution in [0.5, 0.6) is 0 Å². The molecular formula is C21H35N5O. The predicted molar refractivity (Wildman–Crippen MR) is 112 cm³/mol. The van der Waals surface area contributed by atoms with Gasteiger partial charge in [0.05, 0.1) is 0 Å².